The Hall–Kier alpha value is -0.990. The lowest BCUT2D eigenvalue weighted by Gasteiger charge is -2.09. The van der Waals surface area contributed by atoms with Gasteiger partial charge in [-0.25, -0.2) is 0 Å². The molecule has 1 amide bonds. The lowest BCUT2D eigenvalue weighted by molar-refractivity contribution is -0.123. The molecule has 0 spiro atoms. The van der Waals surface area contributed by atoms with Gasteiger partial charge >= 0.3 is 0 Å². The fraction of sp³-hybridized carbons (Fsp3) is 0.667. The summed E-state index contributed by atoms with van der Waals surface area (Å²) in [5.41, 5.74) is 7.37. The van der Waals surface area contributed by atoms with Gasteiger partial charge in [-0.2, -0.15) is 0 Å². The van der Waals surface area contributed by atoms with E-state index in [1.54, 1.807) is 4.90 Å². The van der Waals surface area contributed by atoms with Crippen LogP contribution in [0.3, 0.4) is 0 Å². The van der Waals surface area contributed by atoms with E-state index < -0.39 is 0 Å². The number of hydrogen-bond acceptors (Lipinski definition) is 2. The van der Waals surface area contributed by atoms with Gasteiger partial charge in [0, 0.05) is 24.9 Å². The second kappa shape index (κ2) is 3.17. The molecule has 3 heteroatoms. The van der Waals surface area contributed by atoms with Gasteiger partial charge in [-0.05, 0) is 12.3 Å². The van der Waals surface area contributed by atoms with Gasteiger partial charge in [0.05, 0.1) is 0 Å². The fourth-order valence-corrected chi connectivity index (χ4v) is 1.33. The van der Waals surface area contributed by atoms with Gasteiger partial charge in [-0.3, -0.25) is 4.79 Å². The summed E-state index contributed by atoms with van der Waals surface area (Å²) in [7, 11) is 1.81. The second-order valence-electron chi connectivity index (χ2n) is 3.57. The zero-order chi connectivity index (χ0) is 9.30. The summed E-state index contributed by atoms with van der Waals surface area (Å²) in [5.74, 6) is 0.372. The van der Waals surface area contributed by atoms with E-state index >= 15 is 0 Å². The summed E-state index contributed by atoms with van der Waals surface area (Å²) in [5, 5.41) is 0. The third-order valence-corrected chi connectivity index (χ3v) is 2.27. The Balaban J connectivity index is 2.90. The maximum atomic E-state index is 11.4. The van der Waals surface area contributed by atoms with Crippen molar-refractivity contribution in [2.24, 2.45) is 11.7 Å². The molecule has 0 radical (unpaired) electrons. The van der Waals surface area contributed by atoms with Crippen LogP contribution in [-0.2, 0) is 4.79 Å². The van der Waals surface area contributed by atoms with Crippen molar-refractivity contribution in [3.05, 3.63) is 11.3 Å². The van der Waals surface area contributed by atoms with E-state index in [-0.39, 0.29) is 11.8 Å². The van der Waals surface area contributed by atoms with Crippen molar-refractivity contribution in [1.29, 1.82) is 0 Å². The van der Waals surface area contributed by atoms with Gasteiger partial charge < -0.3 is 10.6 Å². The molecular weight excluding hydrogens is 152 g/mol. The first-order chi connectivity index (χ1) is 5.54. The maximum Gasteiger partial charge on any atom is 0.251 e. The predicted octanol–water partition coefficient (Wildman–Crippen LogP) is 0.717. The smallest absolute Gasteiger partial charge is 0.251 e. The van der Waals surface area contributed by atoms with Gasteiger partial charge in [-0.15, -0.1) is 0 Å². The van der Waals surface area contributed by atoms with E-state index in [1.165, 1.54) is 0 Å². The van der Waals surface area contributed by atoms with Gasteiger partial charge in [0.1, 0.15) is 0 Å². The van der Waals surface area contributed by atoms with E-state index in [9.17, 15) is 4.79 Å². The zero-order valence-corrected chi connectivity index (χ0v) is 7.92. The van der Waals surface area contributed by atoms with Gasteiger partial charge in [0.25, 0.3) is 5.91 Å². The lowest BCUT2D eigenvalue weighted by Crippen LogP contribution is -2.21. The SMILES string of the molecule is CC(C)/C(N)=C1\CCN(C)C1=O. The highest BCUT2D eigenvalue weighted by Gasteiger charge is 2.25. The monoisotopic (exact) mass is 168 g/mol. The molecule has 0 aliphatic carbocycles. The molecule has 0 saturated carbocycles. The number of carbonyl (C=O) groups excluding carboxylic acids is 1. The first-order valence-electron chi connectivity index (χ1n) is 4.28. The molecule has 0 aromatic carbocycles. The molecule has 2 N–H and O–H groups in total. The fourth-order valence-electron chi connectivity index (χ4n) is 1.33. The van der Waals surface area contributed by atoms with E-state index in [0.717, 1.165) is 24.2 Å². The van der Waals surface area contributed by atoms with E-state index in [0.29, 0.717) is 0 Å². The topological polar surface area (TPSA) is 46.3 Å². The van der Waals surface area contributed by atoms with Crippen LogP contribution in [0.25, 0.3) is 0 Å². The number of allylic oxidation sites excluding steroid dienone is 1. The summed E-state index contributed by atoms with van der Waals surface area (Å²) in [4.78, 5) is 13.2. The molecule has 12 heavy (non-hydrogen) atoms. The van der Waals surface area contributed by atoms with Crippen LogP contribution in [-0.4, -0.2) is 24.4 Å². The lowest BCUT2D eigenvalue weighted by atomic mass is 10.0. The average molecular weight is 168 g/mol. The Morgan fingerprint density at radius 1 is 1.58 bits per heavy atom. The van der Waals surface area contributed by atoms with Crippen molar-refractivity contribution in [3.63, 3.8) is 0 Å². The Morgan fingerprint density at radius 3 is 2.50 bits per heavy atom. The molecule has 1 aliphatic rings. The third kappa shape index (κ3) is 1.44. The molecule has 1 aliphatic heterocycles. The van der Waals surface area contributed by atoms with Crippen LogP contribution >= 0.6 is 0 Å². The summed E-state index contributed by atoms with van der Waals surface area (Å²) >= 11 is 0. The zero-order valence-electron chi connectivity index (χ0n) is 7.92. The maximum absolute atomic E-state index is 11.4. The largest absolute Gasteiger partial charge is 0.401 e. The third-order valence-electron chi connectivity index (χ3n) is 2.27. The van der Waals surface area contributed by atoms with Gasteiger partial charge in [-0.1, -0.05) is 13.8 Å². The summed E-state index contributed by atoms with van der Waals surface area (Å²) < 4.78 is 0. The highest BCUT2D eigenvalue weighted by Crippen LogP contribution is 2.20. The van der Waals surface area contributed by atoms with Crippen molar-refractivity contribution in [1.82, 2.24) is 4.90 Å². The highest BCUT2D eigenvalue weighted by atomic mass is 16.2. The van der Waals surface area contributed by atoms with Crippen molar-refractivity contribution in [2.45, 2.75) is 20.3 Å². The number of hydrogen-bond donors (Lipinski definition) is 1. The molecule has 1 saturated heterocycles. The van der Waals surface area contributed by atoms with Crippen LogP contribution in [0.5, 0.6) is 0 Å². The molecule has 0 unspecified atom stereocenters. The minimum Gasteiger partial charge on any atom is -0.401 e. The van der Waals surface area contributed by atoms with Gasteiger partial charge in [0.2, 0.25) is 0 Å². The molecule has 68 valence electrons. The first-order valence-corrected chi connectivity index (χ1v) is 4.28. The molecule has 3 nitrogen and oxygen atoms in total. The minimum absolute atomic E-state index is 0.0983. The van der Waals surface area contributed by atoms with Crippen molar-refractivity contribution in [3.8, 4) is 0 Å². The summed E-state index contributed by atoms with van der Waals surface area (Å²) in [6.45, 7) is 4.82. The van der Waals surface area contributed by atoms with Crippen molar-refractivity contribution < 1.29 is 4.79 Å². The van der Waals surface area contributed by atoms with Crippen LogP contribution in [0, 0.1) is 5.92 Å². The van der Waals surface area contributed by atoms with E-state index in [2.05, 4.69) is 0 Å². The number of nitrogens with two attached hydrogens (primary N) is 1. The standard InChI is InChI=1S/C9H16N2O/c1-6(2)8(10)7-4-5-11(3)9(7)12/h6H,4-5,10H2,1-3H3/b8-7-. The van der Waals surface area contributed by atoms with Crippen molar-refractivity contribution >= 4 is 5.91 Å². The Kier molecular flexibility index (Phi) is 2.40. The number of nitrogens with zero attached hydrogens (tertiary/aromatic N) is 1. The Morgan fingerprint density at radius 2 is 2.17 bits per heavy atom. The number of rotatable bonds is 1. The summed E-state index contributed by atoms with van der Waals surface area (Å²) in [6.07, 6.45) is 0.805. The van der Waals surface area contributed by atoms with Crippen LogP contribution in [0.15, 0.2) is 11.3 Å². The molecule has 1 fully saturated rings. The number of carbonyl (C=O) groups is 1. The van der Waals surface area contributed by atoms with Crippen LogP contribution < -0.4 is 5.73 Å². The van der Waals surface area contributed by atoms with Crippen LogP contribution in [0.2, 0.25) is 0 Å². The quantitative estimate of drug-likeness (QED) is 0.586. The van der Waals surface area contributed by atoms with Gasteiger partial charge in [0.15, 0.2) is 0 Å². The number of amides is 1. The predicted molar refractivity (Wildman–Crippen MR) is 48.3 cm³/mol. The minimum atomic E-state index is 0.0983. The molecule has 1 heterocycles. The van der Waals surface area contributed by atoms with E-state index in [4.69, 9.17) is 5.73 Å². The molecule has 1 rings (SSSR count). The molecule has 0 atom stereocenters. The second-order valence-corrected chi connectivity index (χ2v) is 3.57. The normalized spacial score (nSPS) is 22.3. The molecular formula is C9H16N2O. The van der Waals surface area contributed by atoms with E-state index in [1.807, 2.05) is 20.9 Å². The number of likely N-dealkylation sites (tertiary alicyclic amines) is 1. The molecule has 0 aromatic heterocycles. The Bertz CT molecular complexity index is 231. The molecule has 0 bridgehead atoms. The Labute approximate surface area is 73.2 Å². The average Bonchev–Trinajstić information content (AvgIpc) is 2.32. The van der Waals surface area contributed by atoms with Crippen LogP contribution in [0.1, 0.15) is 20.3 Å². The number of likely N-dealkylation sites (N-methyl/N-ethyl adjacent to an activating group) is 1. The highest BCUT2D eigenvalue weighted by molar-refractivity contribution is 5.96. The first kappa shape index (κ1) is 9.10. The summed E-state index contributed by atoms with van der Waals surface area (Å²) in [6, 6.07) is 0. The van der Waals surface area contributed by atoms with Crippen molar-refractivity contribution in [2.75, 3.05) is 13.6 Å². The van der Waals surface area contributed by atoms with Crippen LogP contribution in [0.4, 0.5) is 0 Å². The molecule has 0 aromatic rings.